The molecule has 0 atom stereocenters. The quantitative estimate of drug-likeness (QED) is 0.571. The Kier molecular flexibility index (Phi) is 4.05. The van der Waals surface area contributed by atoms with Gasteiger partial charge in [-0.15, -0.1) is 0 Å². The number of ketones is 1. The first-order valence-corrected chi connectivity index (χ1v) is 4.95. The molecule has 1 rings (SSSR count). The summed E-state index contributed by atoms with van der Waals surface area (Å²) >= 11 is 0. The molecule has 4 heteroatoms. The van der Waals surface area contributed by atoms with Gasteiger partial charge in [0.05, 0.1) is 12.8 Å². The average Bonchev–Trinajstić information content (AvgIpc) is 2.25. The molecule has 1 aromatic rings. The summed E-state index contributed by atoms with van der Waals surface area (Å²) in [6.45, 7) is 1.79. The van der Waals surface area contributed by atoms with Crippen LogP contribution in [0.3, 0.4) is 0 Å². The van der Waals surface area contributed by atoms with Crippen LogP contribution in [0, 0.1) is 6.92 Å². The van der Waals surface area contributed by atoms with E-state index in [1.54, 1.807) is 32.4 Å². The number of aromatic nitrogens is 1. The predicted octanol–water partition coefficient (Wildman–Crippen LogP) is 1.66. The Labute approximate surface area is 95.6 Å². The third-order valence-corrected chi connectivity index (χ3v) is 2.06. The average molecular weight is 220 g/mol. The zero-order valence-corrected chi connectivity index (χ0v) is 10.0. The maximum atomic E-state index is 11.8. The van der Waals surface area contributed by atoms with E-state index in [9.17, 15) is 4.79 Å². The molecule has 0 bridgehead atoms. The molecular weight excluding hydrogens is 204 g/mol. The highest BCUT2D eigenvalue weighted by Gasteiger charge is 2.07. The highest BCUT2D eigenvalue weighted by molar-refractivity contribution is 6.05. The zero-order valence-electron chi connectivity index (χ0n) is 10.0. The summed E-state index contributed by atoms with van der Waals surface area (Å²) in [6, 6.07) is 3.41. The van der Waals surface area contributed by atoms with Gasteiger partial charge in [0, 0.05) is 38.0 Å². The van der Waals surface area contributed by atoms with Crippen molar-refractivity contribution in [2.24, 2.45) is 0 Å². The Balaban J connectivity index is 2.92. The van der Waals surface area contributed by atoms with E-state index >= 15 is 0 Å². The van der Waals surface area contributed by atoms with Crippen molar-refractivity contribution < 1.29 is 9.53 Å². The Hall–Kier alpha value is -1.84. The topological polar surface area (TPSA) is 42.4 Å². The van der Waals surface area contributed by atoms with Crippen LogP contribution in [0.1, 0.15) is 16.1 Å². The first-order valence-electron chi connectivity index (χ1n) is 4.95. The van der Waals surface area contributed by atoms with Crippen molar-refractivity contribution in [3.63, 3.8) is 0 Å². The molecule has 1 aromatic heterocycles. The Bertz CT molecular complexity index is 411. The van der Waals surface area contributed by atoms with Gasteiger partial charge in [0.2, 0.25) is 5.88 Å². The minimum Gasteiger partial charge on any atom is -0.481 e. The van der Waals surface area contributed by atoms with Crippen LogP contribution >= 0.6 is 0 Å². The molecule has 0 fully saturated rings. The fourth-order valence-electron chi connectivity index (χ4n) is 1.22. The van der Waals surface area contributed by atoms with Gasteiger partial charge in [-0.25, -0.2) is 4.98 Å². The fraction of sp³-hybridized carbons (Fsp3) is 0.333. The van der Waals surface area contributed by atoms with E-state index in [0.29, 0.717) is 17.1 Å². The molecule has 0 amide bonds. The van der Waals surface area contributed by atoms with Crippen molar-refractivity contribution in [2.75, 3.05) is 21.2 Å². The number of aryl methyl sites for hydroxylation is 1. The van der Waals surface area contributed by atoms with Crippen LogP contribution in [0.5, 0.6) is 5.88 Å². The Morgan fingerprint density at radius 3 is 2.62 bits per heavy atom. The minimum atomic E-state index is -0.0543. The first kappa shape index (κ1) is 12.2. The summed E-state index contributed by atoms with van der Waals surface area (Å²) in [5, 5.41) is 0. The Morgan fingerprint density at radius 2 is 2.12 bits per heavy atom. The van der Waals surface area contributed by atoms with E-state index in [2.05, 4.69) is 4.98 Å². The largest absolute Gasteiger partial charge is 0.481 e. The third kappa shape index (κ3) is 3.08. The number of hydrogen-bond donors (Lipinski definition) is 0. The smallest absolute Gasteiger partial charge is 0.213 e. The van der Waals surface area contributed by atoms with Gasteiger partial charge in [0.15, 0.2) is 5.78 Å². The van der Waals surface area contributed by atoms with Crippen LogP contribution in [-0.2, 0) is 0 Å². The van der Waals surface area contributed by atoms with E-state index in [1.807, 2.05) is 19.0 Å². The summed E-state index contributed by atoms with van der Waals surface area (Å²) in [4.78, 5) is 17.7. The van der Waals surface area contributed by atoms with Crippen LogP contribution in [0.4, 0.5) is 0 Å². The minimum absolute atomic E-state index is 0.0543. The van der Waals surface area contributed by atoms with Gasteiger partial charge in [-0.3, -0.25) is 4.79 Å². The van der Waals surface area contributed by atoms with E-state index in [4.69, 9.17) is 4.74 Å². The molecule has 1 heterocycles. The lowest BCUT2D eigenvalue weighted by atomic mass is 10.1. The monoisotopic (exact) mass is 220 g/mol. The summed E-state index contributed by atoms with van der Waals surface area (Å²) < 4.78 is 4.98. The number of carbonyl (C=O) groups is 1. The molecule has 0 saturated heterocycles. The highest BCUT2D eigenvalue weighted by Crippen LogP contribution is 2.12. The van der Waals surface area contributed by atoms with Gasteiger partial charge in [-0.2, -0.15) is 0 Å². The highest BCUT2D eigenvalue weighted by atomic mass is 16.5. The molecule has 86 valence electrons. The number of nitrogens with zero attached hydrogens (tertiary/aromatic N) is 2. The van der Waals surface area contributed by atoms with Crippen molar-refractivity contribution in [3.8, 4) is 5.88 Å². The molecule has 0 spiro atoms. The molecule has 0 unspecified atom stereocenters. The number of methoxy groups -OCH3 is 1. The molecule has 0 N–H and O–H groups in total. The second kappa shape index (κ2) is 5.30. The normalized spacial score (nSPS) is 10.5. The van der Waals surface area contributed by atoms with Crippen LogP contribution in [0.2, 0.25) is 0 Å². The summed E-state index contributed by atoms with van der Waals surface area (Å²) in [5.74, 6) is 0.465. The lowest BCUT2D eigenvalue weighted by Gasteiger charge is -2.05. The molecule has 0 saturated carbocycles. The molecule has 0 radical (unpaired) electrons. The van der Waals surface area contributed by atoms with E-state index in [0.717, 1.165) is 0 Å². The van der Waals surface area contributed by atoms with Crippen molar-refractivity contribution >= 4 is 5.78 Å². The van der Waals surface area contributed by atoms with Crippen molar-refractivity contribution in [1.29, 1.82) is 0 Å². The maximum absolute atomic E-state index is 11.8. The maximum Gasteiger partial charge on any atom is 0.213 e. The summed E-state index contributed by atoms with van der Waals surface area (Å²) in [6.07, 6.45) is 3.24. The molecular formula is C12H16N2O2. The van der Waals surface area contributed by atoms with Gasteiger partial charge in [-0.1, -0.05) is 0 Å². The standard InChI is InChI=1S/C12H16N2O2/c1-9-10(5-6-12(13-9)16-4)11(15)7-8-14(2)3/h5-8H,1-4H3/b8-7+. The summed E-state index contributed by atoms with van der Waals surface area (Å²) in [7, 11) is 5.28. The third-order valence-electron chi connectivity index (χ3n) is 2.06. The van der Waals surface area contributed by atoms with Crippen LogP contribution in [0.15, 0.2) is 24.4 Å². The first-order chi connectivity index (χ1) is 7.54. The van der Waals surface area contributed by atoms with E-state index < -0.39 is 0 Å². The number of pyridine rings is 1. The van der Waals surface area contributed by atoms with Gasteiger partial charge in [0.1, 0.15) is 0 Å². The van der Waals surface area contributed by atoms with Crippen LogP contribution in [0.25, 0.3) is 0 Å². The van der Waals surface area contributed by atoms with E-state index in [-0.39, 0.29) is 5.78 Å². The molecule has 0 aliphatic rings. The van der Waals surface area contributed by atoms with Crippen molar-refractivity contribution in [3.05, 3.63) is 35.7 Å². The molecule has 0 aliphatic heterocycles. The van der Waals surface area contributed by atoms with Crippen molar-refractivity contribution in [1.82, 2.24) is 9.88 Å². The number of carbonyl (C=O) groups excluding carboxylic acids is 1. The van der Waals surface area contributed by atoms with Gasteiger partial charge in [0.25, 0.3) is 0 Å². The molecule has 0 aromatic carbocycles. The summed E-state index contributed by atoms with van der Waals surface area (Å²) in [5.41, 5.74) is 1.27. The second-order valence-electron chi connectivity index (χ2n) is 3.63. The lowest BCUT2D eigenvalue weighted by Crippen LogP contribution is -2.05. The Morgan fingerprint density at radius 1 is 1.44 bits per heavy atom. The van der Waals surface area contributed by atoms with Gasteiger partial charge in [-0.05, 0) is 13.0 Å². The van der Waals surface area contributed by atoms with Gasteiger partial charge >= 0.3 is 0 Å². The number of ether oxygens (including phenoxy) is 1. The number of allylic oxidation sites excluding steroid dienone is 1. The van der Waals surface area contributed by atoms with Crippen LogP contribution < -0.4 is 4.74 Å². The van der Waals surface area contributed by atoms with Crippen LogP contribution in [-0.4, -0.2) is 36.9 Å². The zero-order chi connectivity index (χ0) is 12.1. The molecule has 16 heavy (non-hydrogen) atoms. The second-order valence-corrected chi connectivity index (χ2v) is 3.63. The number of rotatable bonds is 4. The van der Waals surface area contributed by atoms with Gasteiger partial charge < -0.3 is 9.64 Å². The molecule has 4 nitrogen and oxygen atoms in total. The number of hydrogen-bond acceptors (Lipinski definition) is 4. The lowest BCUT2D eigenvalue weighted by molar-refractivity contribution is 0.104. The molecule has 0 aliphatic carbocycles. The van der Waals surface area contributed by atoms with E-state index in [1.165, 1.54) is 6.08 Å². The van der Waals surface area contributed by atoms with Crippen molar-refractivity contribution in [2.45, 2.75) is 6.92 Å². The fourth-order valence-corrected chi connectivity index (χ4v) is 1.22. The SMILES string of the molecule is COc1ccc(C(=O)/C=C/N(C)C)c(C)n1. The predicted molar refractivity (Wildman–Crippen MR) is 62.7 cm³/mol.